The second kappa shape index (κ2) is 6.61. The topological polar surface area (TPSA) is 55.8 Å². The van der Waals surface area contributed by atoms with Gasteiger partial charge in [-0.1, -0.05) is 24.3 Å². The first-order chi connectivity index (χ1) is 10.1. The number of phenolic OH excluding ortho intramolecular Hbond substituents is 1. The van der Waals surface area contributed by atoms with Crippen molar-refractivity contribution in [1.82, 2.24) is 0 Å². The molecule has 2 aromatic carbocycles. The van der Waals surface area contributed by atoms with Gasteiger partial charge in [-0.3, -0.25) is 4.79 Å². The highest BCUT2D eigenvalue weighted by Gasteiger charge is 1.99. The van der Waals surface area contributed by atoms with E-state index >= 15 is 0 Å². The van der Waals surface area contributed by atoms with Crippen LogP contribution in [0, 0.1) is 0 Å². The second-order valence-corrected chi connectivity index (χ2v) is 4.46. The molecule has 1 N–H and O–H groups in total. The van der Waals surface area contributed by atoms with E-state index in [0.29, 0.717) is 11.5 Å². The first-order valence-electron chi connectivity index (χ1n) is 6.41. The van der Waals surface area contributed by atoms with Crippen molar-refractivity contribution in [3.05, 3.63) is 53.6 Å². The van der Waals surface area contributed by atoms with Gasteiger partial charge in [0.2, 0.25) is 0 Å². The van der Waals surface area contributed by atoms with Gasteiger partial charge in [0.15, 0.2) is 0 Å². The van der Waals surface area contributed by atoms with Crippen LogP contribution >= 0.6 is 0 Å². The Bertz CT molecular complexity index is 674. The van der Waals surface area contributed by atoms with Crippen LogP contribution in [0.2, 0.25) is 0 Å². The molecule has 0 aliphatic rings. The molecule has 2 aromatic rings. The molecular weight excluding hydrogens is 268 g/mol. The highest BCUT2D eigenvalue weighted by molar-refractivity contribution is 5.73. The maximum atomic E-state index is 10.9. The Hall–Kier alpha value is -2.75. The van der Waals surface area contributed by atoms with E-state index in [4.69, 9.17) is 9.47 Å². The van der Waals surface area contributed by atoms with Gasteiger partial charge in [0.25, 0.3) is 0 Å². The Morgan fingerprint density at radius 1 is 1.05 bits per heavy atom. The number of aromatic hydroxyl groups is 1. The fraction of sp³-hybridized carbons (Fsp3) is 0.118. The van der Waals surface area contributed by atoms with Crippen molar-refractivity contribution in [1.29, 1.82) is 0 Å². The van der Waals surface area contributed by atoms with Gasteiger partial charge in [-0.15, -0.1) is 0 Å². The molecular formula is C17H16O4. The van der Waals surface area contributed by atoms with Crippen LogP contribution in [-0.4, -0.2) is 18.2 Å². The van der Waals surface area contributed by atoms with E-state index in [2.05, 4.69) is 0 Å². The molecule has 0 radical (unpaired) electrons. The summed E-state index contributed by atoms with van der Waals surface area (Å²) in [6.45, 7) is 1.36. The van der Waals surface area contributed by atoms with Gasteiger partial charge < -0.3 is 14.6 Å². The molecule has 2 rings (SSSR count). The average Bonchev–Trinajstić information content (AvgIpc) is 2.44. The normalized spacial score (nSPS) is 10.6. The summed E-state index contributed by atoms with van der Waals surface area (Å²) in [4.78, 5) is 10.9. The maximum Gasteiger partial charge on any atom is 0.308 e. The van der Waals surface area contributed by atoms with Crippen LogP contribution in [0.15, 0.2) is 42.5 Å². The van der Waals surface area contributed by atoms with Crippen LogP contribution in [0.3, 0.4) is 0 Å². The van der Waals surface area contributed by atoms with Gasteiger partial charge in [-0.2, -0.15) is 0 Å². The summed E-state index contributed by atoms with van der Waals surface area (Å²) >= 11 is 0. The SMILES string of the molecule is COc1cc(O)cc(/C=C/c2cccc(OC(C)=O)c2)c1. The Morgan fingerprint density at radius 2 is 1.76 bits per heavy atom. The minimum Gasteiger partial charge on any atom is -0.508 e. The number of hydrogen-bond acceptors (Lipinski definition) is 4. The van der Waals surface area contributed by atoms with Gasteiger partial charge in [-0.05, 0) is 35.4 Å². The minimum atomic E-state index is -0.353. The van der Waals surface area contributed by atoms with Crippen LogP contribution in [0.25, 0.3) is 12.2 Å². The molecule has 108 valence electrons. The van der Waals surface area contributed by atoms with E-state index < -0.39 is 0 Å². The van der Waals surface area contributed by atoms with E-state index in [0.717, 1.165) is 11.1 Å². The highest BCUT2D eigenvalue weighted by Crippen LogP contribution is 2.23. The third-order valence-corrected chi connectivity index (χ3v) is 2.74. The maximum absolute atomic E-state index is 10.9. The lowest BCUT2D eigenvalue weighted by atomic mass is 10.1. The van der Waals surface area contributed by atoms with E-state index in [1.807, 2.05) is 24.3 Å². The highest BCUT2D eigenvalue weighted by atomic mass is 16.5. The molecule has 4 heteroatoms. The predicted molar refractivity (Wildman–Crippen MR) is 81.3 cm³/mol. The van der Waals surface area contributed by atoms with Gasteiger partial charge in [-0.25, -0.2) is 0 Å². The fourth-order valence-electron chi connectivity index (χ4n) is 1.86. The van der Waals surface area contributed by atoms with Crippen molar-refractivity contribution in [3.63, 3.8) is 0 Å². The largest absolute Gasteiger partial charge is 0.508 e. The first kappa shape index (κ1) is 14.7. The molecule has 21 heavy (non-hydrogen) atoms. The molecule has 0 aromatic heterocycles. The number of phenols is 1. The lowest BCUT2D eigenvalue weighted by Crippen LogP contribution is -2.00. The Balaban J connectivity index is 2.21. The van der Waals surface area contributed by atoms with Gasteiger partial charge in [0, 0.05) is 13.0 Å². The van der Waals surface area contributed by atoms with E-state index in [9.17, 15) is 9.90 Å². The number of hydrogen-bond donors (Lipinski definition) is 1. The van der Waals surface area contributed by atoms with Crippen LogP contribution < -0.4 is 9.47 Å². The van der Waals surface area contributed by atoms with Gasteiger partial charge >= 0.3 is 5.97 Å². The molecule has 0 fully saturated rings. The summed E-state index contributed by atoms with van der Waals surface area (Å²) < 4.78 is 10.1. The van der Waals surface area contributed by atoms with Gasteiger partial charge in [0.1, 0.15) is 17.2 Å². The molecule has 4 nitrogen and oxygen atoms in total. The molecule has 0 atom stereocenters. The van der Waals surface area contributed by atoms with Gasteiger partial charge in [0.05, 0.1) is 7.11 Å². The number of benzene rings is 2. The van der Waals surface area contributed by atoms with Crippen molar-refractivity contribution in [3.8, 4) is 17.2 Å². The second-order valence-electron chi connectivity index (χ2n) is 4.46. The molecule has 0 amide bonds. The quantitative estimate of drug-likeness (QED) is 0.530. The zero-order chi connectivity index (χ0) is 15.2. The van der Waals surface area contributed by atoms with Crippen molar-refractivity contribution in [2.75, 3.05) is 7.11 Å². The predicted octanol–water partition coefficient (Wildman–Crippen LogP) is 3.50. The first-order valence-corrected chi connectivity index (χ1v) is 6.41. The zero-order valence-corrected chi connectivity index (χ0v) is 11.9. The monoisotopic (exact) mass is 284 g/mol. The molecule has 0 heterocycles. The summed E-state index contributed by atoms with van der Waals surface area (Å²) in [6.07, 6.45) is 3.70. The summed E-state index contributed by atoms with van der Waals surface area (Å²) in [5, 5.41) is 9.59. The summed E-state index contributed by atoms with van der Waals surface area (Å²) in [5.41, 5.74) is 1.70. The molecule has 0 saturated carbocycles. The Kier molecular flexibility index (Phi) is 4.61. The van der Waals surface area contributed by atoms with Crippen LogP contribution in [0.4, 0.5) is 0 Å². The van der Waals surface area contributed by atoms with Crippen LogP contribution in [0.1, 0.15) is 18.1 Å². The lowest BCUT2D eigenvalue weighted by Gasteiger charge is -2.03. The molecule has 0 aliphatic heterocycles. The number of rotatable bonds is 4. The van der Waals surface area contributed by atoms with Crippen molar-refractivity contribution in [2.45, 2.75) is 6.92 Å². The van der Waals surface area contributed by atoms with E-state index in [-0.39, 0.29) is 11.7 Å². The number of carbonyl (C=O) groups is 1. The van der Waals surface area contributed by atoms with Crippen molar-refractivity contribution in [2.24, 2.45) is 0 Å². The van der Waals surface area contributed by atoms with Crippen molar-refractivity contribution < 1.29 is 19.4 Å². The molecule has 0 spiro atoms. The number of ether oxygens (including phenoxy) is 2. The zero-order valence-electron chi connectivity index (χ0n) is 11.9. The summed E-state index contributed by atoms with van der Waals surface area (Å²) in [5.74, 6) is 0.873. The molecule has 0 bridgehead atoms. The fourth-order valence-corrected chi connectivity index (χ4v) is 1.86. The van der Waals surface area contributed by atoms with E-state index in [1.54, 1.807) is 37.4 Å². The lowest BCUT2D eigenvalue weighted by molar-refractivity contribution is -0.131. The minimum absolute atomic E-state index is 0.141. The smallest absolute Gasteiger partial charge is 0.308 e. The Morgan fingerprint density at radius 3 is 2.48 bits per heavy atom. The Labute approximate surface area is 123 Å². The number of carbonyl (C=O) groups excluding carboxylic acids is 1. The molecule has 0 unspecified atom stereocenters. The number of methoxy groups -OCH3 is 1. The summed E-state index contributed by atoms with van der Waals surface area (Å²) in [7, 11) is 1.55. The standard InChI is InChI=1S/C17H16O4/c1-12(18)21-16-5-3-4-13(9-16)6-7-14-8-15(19)11-17(10-14)20-2/h3-11,19H,1-2H3/b7-6+. The van der Waals surface area contributed by atoms with E-state index in [1.165, 1.54) is 6.92 Å². The third kappa shape index (κ3) is 4.38. The third-order valence-electron chi connectivity index (χ3n) is 2.74. The summed E-state index contributed by atoms with van der Waals surface area (Å²) in [6, 6.07) is 12.2. The van der Waals surface area contributed by atoms with Crippen molar-refractivity contribution >= 4 is 18.1 Å². The molecule has 0 saturated heterocycles. The van der Waals surface area contributed by atoms with Crippen LogP contribution in [0.5, 0.6) is 17.2 Å². The van der Waals surface area contributed by atoms with Crippen LogP contribution in [-0.2, 0) is 4.79 Å². The number of esters is 1. The molecule has 0 aliphatic carbocycles. The average molecular weight is 284 g/mol.